The number of hydrogen-bond donors (Lipinski definition) is 1. The molecular formula is C20H24N4OS2. The number of rotatable bonds is 8. The third kappa shape index (κ3) is 4.78. The maximum Gasteiger partial charge on any atom is 0.234 e. The van der Waals surface area contributed by atoms with Gasteiger partial charge in [0, 0.05) is 28.1 Å². The average Bonchev–Trinajstić information content (AvgIpc) is 3.28. The molecule has 0 saturated heterocycles. The molecule has 1 amide bonds. The van der Waals surface area contributed by atoms with Crippen LogP contribution < -0.4 is 5.32 Å². The lowest BCUT2D eigenvalue weighted by Crippen LogP contribution is -2.15. The van der Waals surface area contributed by atoms with Gasteiger partial charge in [0.2, 0.25) is 5.91 Å². The van der Waals surface area contributed by atoms with E-state index in [1.54, 1.807) is 11.3 Å². The summed E-state index contributed by atoms with van der Waals surface area (Å²) in [7, 11) is 0. The maximum atomic E-state index is 12.3. The number of hydrogen-bond acceptors (Lipinski definition) is 5. The molecule has 3 rings (SSSR count). The molecule has 0 fully saturated rings. The van der Waals surface area contributed by atoms with Gasteiger partial charge in [0.15, 0.2) is 11.0 Å². The Morgan fingerprint density at radius 3 is 2.81 bits per heavy atom. The molecule has 5 nitrogen and oxygen atoms in total. The van der Waals surface area contributed by atoms with Crippen LogP contribution in [0.2, 0.25) is 0 Å². The Labute approximate surface area is 168 Å². The highest BCUT2D eigenvalue weighted by atomic mass is 32.2. The number of benzene rings is 1. The minimum absolute atomic E-state index is 0.0396. The molecule has 0 saturated carbocycles. The molecule has 0 aliphatic heterocycles. The third-order valence-corrected chi connectivity index (χ3v) is 6.16. The van der Waals surface area contributed by atoms with E-state index in [0.717, 1.165) is 47.2 Å². The van der Waals surface area contributed by atoms with E-state index in [-0.39, 0.29) is 5.91 Å². The lowest BCUT2D eigenvalue weighted by atomic mass is 10.2. The second kappa shape index (κ2) is 9.19. The van der Waals surface area contributed by atoms with Crippen LogP contribution in [0.4, 0.5) is 5.69 Å². The highest BCUT2D eigenvalue weighted by Crippen LogP contribution is 2.28. The van der Waals surface area contributed by atoms with Crippen LogP contribution in [0.15, 0.2) is 40.9 Å². The molecule has 0 unspecified atom stereocenters. The summed E-state index contributed by atoms with van der Waals surface area (Å²) in [6.07, 6.45) is 2.23. The Morgan fingerprint density at radius 1 is 1.26 bits per heavy atom. The fourth-order valence-electron chi connectivity index (χ4n) is 2.80. The van der Waals surface area contributed by atoms with Gasteiger partial charge in [-0.2, -0.15) is 0 Å². The zero-order valence-electron chi connectivity index (χ0n) is 15.9. The summed E-state index contributed by atoms with van der Waals surface area (Å²) in [5.74, 6) is 1.14. The molecule has 7 heteroatoms. The largest absolute Gasteiger partial charge is 0.325 e. The lowest BCUT2D eigenvalue weighted by molar-refractivity contribution is -0.113. The highest BCUT2D eigenvalue weighted by molar-refractivity contribution is 7.99. The maximum absolute atomic E-state index is 12.3. The zero-order chi connectivity index (χ0) is 19.2. The SMILES string of the molecule is CCCc1cc(-c2nnc(SCC(=O)Nc3ccccc3C)n2CC)cs1. The van der Waals surface area contributed by atoms with E-state index >= 15 is 0 Å². The molecule has 142 valence electrons. The van der Waals surface area contributed by atoms with Gasteiger partial charge in [-0.25, -0.2) is 0 Å². The van der Waals surface area contributed by atoms with Crippen molar-refractivity contribution in [2.45, 2.75) is 45.3 Å². The van der Waals surface area contributed by atoms with Gasteiger partial charge in [0.05, 0.1) is 5.75 Å². The molecule has 2 heterocycles. The summed E-state index contributed by atoms with van der Waals surface area (Å²) < 4.78 is 2.07. The van der Waals surface area contributed by atoms with Gasteiger partial charge in [0.1, 0.15) is 0 Å². The normalized spacial score (nSPS) is 10.9. The van der Waals surface area contributed by atoms with E-state index < -0.39 is 0 Å². The van der Waals surface area contributed by atoms with Crippen LogP contribution in [0.3, 0.4) is 0 Å². The quantitative estimate of drug-likeness (QED) is 0.540. The van der Waals surface area contributed by atoms with Crippen molar-refractivity contribution in [2.24, 2.45) is 0 Å². The second-order valence-electron chi connectivity index (χ2n) is 6.25. The third-order valence-electron chi connectivity index (χ3n) is 4.19. The Bertz CT molecular complexity index is 916. The van der Waals surface area contributed by atoms with Crippen LogP contribution in [0, 0.1) is 6.92 Å². The first kappa shape index (κ1) is 19.6. The van der Waals surface area contributed by atoms with Gasteiger partial charge in [-0.3, -0.25) is 4.79 Å². The number of aryl methyl sites for hydroxylation is 2. The molecular weight excluding hydrogens is 376 g/mol. The van der Waals surface area contributed by atoms with Gasteiger partial charge >= 0.3 is 0 Å². The van der Waals surface area contributed by atoms with Crippen LogP contribution in [0.25, 0.3) is 11.4 Å². The number of para-hydroxylation sites is 1. The molecule has 27 heavy (non-hydrogen) atoms. The number of aromatic nitrogens is 3. The van der Waals surface area contributed by atoms with Crippen LogP contribution in [0.1, 0.15) is 30.7 Å². The molecule has 2 aromatic heterocycles. The van der Waals surface area contributed by atoms with E-state index in [1.165, 1.54) is 16.6 Å². The van der Waals surface area contributed by atoms with Crippen molar-refractivity contribution in [2.75, 3.05) is 11.1 Å². The molecule has 0 atom stereocenters. The van der Waals surface area contributed by atoms with Crippen molar-refractivity contribution in [3.63, 3.8) is 0 Å². The second-order valence-corrected chi connectivity index (χ2v) is 8.19. The van der Waals surface area contributed by atoms with Crippen molar-refractivity contribution in [1.82, 2.24) is 14.8 Å². The fraction of sp³-hybridized carbons (Fsp3) is 0.350. The Kier molecular flexibility index (Phi) is 6.68. The van der Waals surface area contributed by atoms with E-state index in [1.807, 2.05) is 31.2 Å². The van der Waals surface area contributed by atoms with E-state index in [0.29, 0.717) is 5.75 Å². The summed E-state index contributed by atoms with van der Waals surface area (Å²) in [5, 5.41) is 14.6. The first-order valence-electron chi connectivity index (χ1n) is 9.11. The van der Waals surface area contributed by atoms with E-state index in [4.69, 9.17) is 0 Å². The van der Waals surface area contributed by atoms with Crippen molar-refractivity contribution in [1.29, 1.82) is 0 Å². The number of nitrogens with zero attached hydrogens (tertiary/aromatic N) is 3. The number of thiophene rings is 1. The standard InChI is InChI=1S/C20H24N4OS2/c1-4-8-16-11-15(12-26-16)19-22-23-20(24(19)5-2)27-13-18(25)21-17-10-7-6-9-14(17)3/h6-7,9-12H,4-5,8,13H2,1-3H3,(H,21,25). The van der Waals surface area contributed by atoms with Crippen molar-refractivity contribution in [3.05, 3.63) is 46.2 Å². The molecule has 0 spiro atoms. The van der Waals surface area contributed by atoms with Gasteiger partial charge < -0.3 is 9.88 Å². The number of amides is 1. The summed E-state index contributed by atoms with van der Waals surface area (Å²) in [6, 6.07) is 9.97. The van der Waals surface area contributed by atoms with Crippen molar-refractivity contribution in [3.8, 4) is 11.4 Å². The molecule has 0 radical (unpaired) electrons. The molecule has 0 bridgehead atoms. The number of thioether (sulfide) groups is 1. The topological polar surface area (TPSA) is 59.8 Å². The highest BCUT2D eigenvalue weighted by Gasteiger charge is 2.16. The molecule has 1 aromatic carbocycles. The van der Waals surface area contributed by atoms with Crippen LogP contribution in [-0.2, 0) is 17.8 Å². The Morgan fingerprint density at radius 2 is 2.07 bits per heavy atom. The lowest BCUT2D eigenvalue weighted by Gasteiger charge is -2.08. The predicted octanol–water partition coefficient (Wildman–Crippen LogP) is 5.02. The average molecular weight is 401 g/mol. The minimum Gasteiger partial charge on any atom is -0.325 e. The predicted molar refractivity (Wildman–Crippen MR) is 114 cm³/mol. The molecule has 1 N–H and O–H groups in total. The Balaban J connectivity index is 1.67. The van der Waals surface area contributed by atoms with Gasteiger partial charge in [-0.1, -0.05) is 43.3 Å². The number of carbonyl (C=O) groups is 1. The number of anilines is 1. The van der Waals surface area contributed by atoms with Crippen LogP contribution in [-0.4, -0.2) is 26.4 Å². The molecule has 3 aromatic rings. The smallest absolute Gasteiger partial charge is 0.234 e. The minimum atomic E-state index is -0.0396. The fourth-order valence-corrected chi connectivity index (χ4v) is 4.57. The molecule has 0 aliphatic carbocycles. The summed E-state index contributed by atoms with van der Waals surface area (Å²) in [5.41, 5.74) is 3.01. The van der Waals surface area contributed by atoms with Gasteiger partial charge in [-0.15, -0.1) is 21.5 Å². The van der Waals surface area contributed by atoms with Gasteiger partial charge in [0.25, 0.3) is 0 Å². The van der Waals surface area contributed by atoms with E-state index in [2.05, 4.69) is 45.4 Å². The zero-order valence-corrected chi connectivity index (χ0v) is 17.5. The van der Waals surface area contributed by atoms with Crippen LogP contribution in [0.5, 0.6) is 0 Å². The first-order chi connectivity index (χ1) is 13.1. The van der Waals surface area contributed by atoms with Gasteiger partial charge in [-0.05, 0) is 38.0 Å². The van der Waals surface area contributed by atoms with Crippen molar-refractivity contribution >= 4 is 34.7 Å². The number of carbonyl (C=O) groups excluding carboxylic acids is 1. The van der Waals surface area contributed by atoms with Crippen molar-refractivity contribution < 1.29 is 4.79 Å². The molecule has 0 aliphatic rings. The number of nitrogens with one attached hydrogen (secondary N) is 1. The summed E-state index contributed by atoms with van der Waals surface area (Å²) in [6.45, 7) is 7.01. The Hall–Kier alpha value is -2.12. The summed E-state index contributed by atoms with van der Waals surface area (Å²) >= 11 is 3.18. The monoisotopic (exact) mass is 400 g/mol. The first-order valence-corrected chi connectivity index (χ1v) is 11.0. The van der Waals surface area contributed by atoms with E-state index in [9.17, 15) is 4.79 Å². The van der Waals surface area contributed by atoms with Crippen LogP contribution >= 0.6 is 23.1 Å². The summed E-state index contributed by atoms with van der Waals surface area (Å²) in [4.78, 5) is 13.7.